The second-order valence-corrected chi connectivity index (χ2v) is 6.38. The Morgan fingerprint density at radius 1 is 1.08 bits per heavy atom. The van der Waals surface area contributed by atoms with Crippen molar-refractivity contribution in [2.24, 2.45) is 0 Å². The van der Waals surface area contributed by atoms with Crippen LogP contribution in [0.4, 0.5) is 11.4 Å². The standard InChI is InChI=1S/C19H18ClN3O3/c20-14-7-5-13(6-8-14)11-21-17(24)9-10-19(26)23-12-18(25)22-15-3-1-2-4-16(15)23/h1-8H,9-12H2,(H,21,24)(H,22,25). The first kappa shape index (κ1) is 17.9. The van der Waals surface area contributed by atoms with Crippen LogP contribution in [0.15, 0.2) is 48.5 Å². The summed E-state index contributed by atoms with van der Waals surface area (Å²) in [5, 5.41) is 6.14. The molecular formula is C19H18ClN3O3. The molecule has 3 amide bonds. The van der Waals surface area contributed by atoms with Crippen molar-refractivity contribution in [3.8, 4) is 0 Å². The van der Waals surface area contributed by atoms with Gasteiger partial charge >= 0.3 is 0 Å². The number of amides is 3. The summed E-state index contributed by atoms with van der Waals surface area (Å²) in [6, 6.07) is 14.3. The Kier molecular flexibility index (Phi) is 5.53. The van der Waals surface area contributed by atoms with Crippen LogP contribution in [0.25, 0.3) is 0 Å². The van der Waals surface area contributed by atoms with Crippen molar-refractivity contribution >= 4 is 40.7 Å². The number of rotatable bonds is 5. The highest BCUT2D eigenvalue weighted by Crippen LogP contribution is 2.29. The van der Waals surface area contributed by atoms with Crippen molar-refractivity contribution in [1.29, 1.82) is 0 Å². The van der Waals surface area contributed by atoms with E-state index in [0.717, 1.165) is 5.56 Å². The molecule has 26 heavy (non-hydrogen) atoms. The lowest BCUT2D eigenvalue weighted by Gasteiger charge is -2.29. The molecule has 134 valence electrons. The Morgan fingerprint density at radius 2 is 1.81 bits per heavy atom. The van der Waals surface area contributed by atoms with Gasteiger partial charge in [-0.15, -0.1) is 0 Å². The van der Waals surface area contributed by atoms with E-state index in [1.54, 1.807) is 36.4 Å². The smallest absolute Gasteiger partial charge is 0.244 e. The molecular weight excluding hydrogens is 354 g/mol. The number of hydrogen-bond acceptors (Lipinski definition) is 3. The van der Waals surface area contributed by atoms with Gasteiger partial charge in [0.15, 0.2) is 0 Å². The van der Waals surface area contributed by atoms with Gasteiger partial charge in [0.1, 0.15) is 6.54 Å². The first-order valence-electron chi connectivity index (χ1n) is 8.23. The van der Waals surface area contributed by atoms with Gasteiger partial charge in [0.2, 0.25) is 17.7 Å². The van der Waals surface area contributed by atoms with E-state index >= 15 is 0 Å². The van der Waals surface area contributed by atoms with E-state index in [2.05, 4.69) is 10.6 Å². The van der Waals surface area contributed by atoms with Gasteiger partial charge in [-0.3, -0.25) is 14.4 Å². The number of hydrogen-bond donors (Lipinski definition) is 2. The number of nitrogens with zero attached hydrogens (tertiary/aromatic N) is 1. The lowest BCUT2D eigenvalue weighted by molar-refractivity contribution is -0.125. The summed E-state index contributed by atoms with van der Waals surface area (Å²) in [5.41, 5.74) is 2.18. The molecule has 0 radical (unpaired) electrons. The monoisotopic (exact) mass is 371 g/mol. The van der Waals surface area contributed by atoms with Gasteiger partial charge in [0, 0.05) is 24.4 Å². The second-order valence-electron chi connectivity index (χ2n) is 5.95. The maximum Gasteiger partial charge on any atom is 0.244 e. The fourth-order valence-electron chi connectivity index (χ4n) is 2.70. The van der Waals surface area contributed by atoms with E-state index in [1.165, 1.54) is 4.90 Å². The lowest BCUT2D eigenvalue weighted by Crippen LogP contribution is -2.42. The SMILES string of the molecule is O=C(CCC(=O)N1CC(=O)Nc2ccccc21)NCc1ccc(Cl)cc1. The molecule has 6 nitrogen and oxygen atoms in total. The zero-order valence-corrected chi connectivity index (χ0v) is 14.8. The first-order chi connectivity index (χ1) is 12.5. The maximum atomic E-state index is 12.5. The van der Waals surface area contributed by atoms with Crippen LogP contribution in [0.3, 0.4) is 0 Å². The van der Waals surface area contributed by atoms with Crippen LogP contribution >= 0.6 is 11.6 Å². The van der Waals surface area contributed by atoms with Crippen LogP contribution in [0.5, 0.6) is 0 Å². The molecule has 0 atom stereocenters. The predicted octanol–water partition coefficient (Wildman–Crippen LogP) is 2.72. The Balaban J connectivity index is 1.53. The van der Waals surface area contributed by atoms with Crippen molar-refractivity contribution in [2.45, 2.75) is 19.4 Å². The third kappa shape index (κ3) is 4.40. The lowest BCUT2D eigenvalue weighted by atomic mass is 10.1. The minimum absolute atomic E-state index is 0.0358. The van der Waals surface area contributed by atoms with Crippen molar-refractivity contribution in [3.05, 3.63) is 59.1 Å². The van der Waals surface area contributed by atoms with Crippen molar-refractivity contribution in [1.82, 2.24) is 5.32 Å². The van der Waals surface area contributed by atoms with Crippen LogP contribution in [-0.2, 0) is 20.9 Å². The Bertz CT molecular complexity index is 836. The van der Waals surface area contributed by atoms with Gasteiger partial charge < -0.3 is 15.5 Å². The van der Waals surface area contributed by atoms with E-state index in [-0.39, 0.29) is 37.1 Å². The zero-order chi connectivity index (χ0) is 18.5. The van der Waals surface area contributed by atoms with E-state index in [1.807, 2.05) is 12.1 Å². The highest BCUT2D eigenvalue weighted by atomic mass is 35.5. The van der Waals surface area contributed by atoms with Gasteiger partial charge in [-0.05, 0) is 29.8 Å². The highest BCUT2D eigenvalue weighted by Gasteiger charge is 2.26. The number of para-hydroxylation sites is 2. The summed E-state index contributed by atoms with van der Waals surface area (Å²) in [6.45, 7) is 0.335. The van der Waals surface area contributed by atoms with Gasteiger partial charge in [-0.2, -0.15) is 0 Å². The number of carbonyl (C=O) groups is 3. The molecule has 0 spiro atoms. The number of halogens is 1. The van der Waals surface area contributed by atoms with E-state index in [0.29, 0.717) is 22.9 Å². The Morgan fingerprint density at radius 3 is 2.58 bits per heavy atom. The molecule has 0 saturated carbocycles. The van der Waals surface area contributed by atoms with Crippen LogP contribution < -0.4 is 15.5 Å². The Labute approximate surface area is 156 Å². The summed E-state index contributed by atoms with van der Waals surface area (Å²) in [5.74, 6) is -0.721. The molecule has 0 aromatic heterocycles. The molecule has 2 N–H and O–H groups in total. The summed E-state index contributed by atoms with van der Waals surface area (Å²) < 4.78 is 0. The predicted molar refractivity (Wildman–Crippen MR) is 100.0 cm³/mol. The minimum atomic E-state index is -0.256. The van der Waals surface area contributed by atoms with Crippen molar-refractivity contribution in [3.63, 3.8) is 0 Å². The molecule has 1 heterocycles. The molecule has 0 fully saturated rings. The summed E-state index contributed by atoms with van der Waals surface area (Å²) in [7, 11) is 0. The normalized spacial score (nSPS) is 13.0. The molecule has 0 unspecified atom stereocenters. The van der Waals surface area contributed by atoms with Crippen LogP contribution in [-0.4, -0.2) is 24.3 Å². The van der Waals surface area contributed by atoms with Gasteiger partial charge in [0.25, 0.3) is 0 Å². The minimum Gasteiger partial charge on any atom is -0.352 e. The van der Waals surface area contributed by atoms with E-state index in [4.69, 9.17) is 11.6 Å². The van der Waals surface area contributed by atoms with Crippen LogP contribution in [0.1, 0.15) is 18.4 Å². The van der Waals surface area contributed by atoms with Crippen LogP contribution in [0, 0.1) is 0 Å². The summed E-state index contributed by atoms with van der Waals surface area (Å²) in [6.07, 6.45) is 0.0980. The molecule has 0 bridgehead atoms. The number of benzene rings is 2. The summed E-state index contributed by atoms with van der Waals surface area (Å²) in [4.78, 5) is 37.7. The van der Waals surface area contributed by atoms with Crippen LogP contribution in [0.2, 0.25) is 5.02 Å². The third-order valence-electron chi connectivity index (χ3n) is 4.04. The number of nitrogens with one attached hydrogen (secondary N) is 2. The van der Waals surface area contributed by atoms with Gasteiger partial charge in [-0.1, -0.05) is 35.9 Å². The molecule has 1 aliphatic rings. The Hall–Kier alpha value is -2.86. The molecule has 7 heteroatoms. The van der Waals surface area contributed by atoms with Crippen molar-refractivity contribution in [2.75, 3.05) is 16.8 Å². The van der Waals surface area contributed by atoms with E-state index < -0.39 is 0 Å². The van der Waals surface area contributed by atoms with Gasteiger partial charge in [0.05, 0.1) is 11.4 Å². The number of anilines is 2. The average Bonchev–Trinajstić information content (AvgIpc) is 2.65. The third-order valence-corrected chi connectivity index (χ3v) is 4.29. The largest absolute Gasteiger partial charge is 0.352 e. The zero-order valence-electron chi connectivity index (χ0n) is 14.0. The fourth-order valence-corrected chi connectivity index (χ4v) is 2.83. The number of carbonyl (C=O) groups excluding carboxylic acids is 3. The van der Waals surface area contributed by atoms with E-state index in [9.17, 15) is 14.4 Å². The first-order valence-corrected chi connectivity index (χ1v) is 8.61. The molecule has 0 aliphatic carbocycles. The van der Waals surface area contributed by atoms with Crippen molar-refractivity contribution < 1.29 is 14.4 Å². The second kappa shape index (κ2) is 8.01. The average molecular weight is 372 g/mol. The molecule has 0 saturated heterocycles. The highest BCUT2D eigenvalue weighted by molar-refractivity contribution is 6.30. The maximum absolute atomic E-state index is 12.5. The quantitative estimate of drug-likeness (QED) is 0.848. The molecule has 3 rings (SSSR count). The molecule has 1 aliphatic heterocycles. The van der Waals surface area contributed by atoms with Gasteiger partial charge in [-0.25, -0.2) is 0 Å². The number of fused-ring (bicyclic) bond motifs is 1. The summed E-state index contributed by atoms with van der Waals surface area (Å²) >= 11 is 5.82. The molecule has 2 aromatic carbocycles. The topological polar surface area (TPSA) is 78.5 Å². The fraction of sp³-hybridized carbons (Fsp3) is 0.211. The molecule has 2 aromatic rings.